The summed E-state index contributed by atoms with van der Waals surface area (Å²) >= 11 is 0. The molecule has 2 aromatic carbocycles. The van der Waals surface area contributed by atoms with E-state index >= 15 is 0 Å². The molecule has 0 amide bonds. The van der Waals surface area contributed by atoms with E-state index in [4.69, 9.17) is 0 Å². The van der Waals surface area contributed by atoms with E-state index < -0.39 is 0 Å². The molecular formula is C24H20N2O. The van der Waals surface area contributed by atoms with Gasteiger partial charge in [-0.15, -0.1) is 0 Å². The molecule has 0 N–H and O–H groups in total. The van der Waals surface area contributed by atoms with Gasteiger partial charge in [-0.25, -0.2) is 0 Å². The van der Waals surface area contributed by atoms with Crippen molar-refractivity contribution in [2.75, 3.05) is 0 Å². The normalized spacial score (nSPS) is 11.9. The van der Waals surface area contributed by atoms with Crippen LogP contribution < -0.4 is 0 Å². The largest absolute Gasteiger partial charge is 0.295 e. The molecule has 1 atom stereocenters. The molecule has 2 aromatic heterocycles. The predicted molar refractivity (Wildman–Crippen MR) is 108 cm³/mol. The van der Waals surface area contributed by atoms with Crippen LogP contribution in [-0.2, 0) is 0 Å². The Balaban J connectivity index is 1.79. The molecule has 2 heterocycles. The van der Waals surface area contributed by atoms with Crippen molar-refractivity contribution in [1.82, 2.24) is 9.55 Å². The van der Waals surface area contributed by atoms with E-state index in [2.05, 4.69) is 29.2 Å². The second kappa shape index (κ2) is 7.83. The van der Waals surface area contributed by atoms with Crippen molar-refractivity contribution < 1.29 is 4.79 Å². The molecule has 0 saturated heterocycles. The van der Waals surface area contributed by atoms with Gasteiger partial charge in [0.15, 0.2) is 0 Å². The minimum Gasteiger partial charge on any atom is -0.295 e. The van der Waals surface area contributed by atoms with Crippen molar-refractivity contribution >= 4 is 5.91 Å². The van der Waals surface area contributed by atoms with Crippen molar-refractivity contribution in [2.45, 2.75) is 12.3 Å². The van der Waals surface area contributed by atoms with Gasteiger partial charge in [0.25, 0.3) is 0 Å². The molecule has 0 aliphatic rings. The summed E-state index contributed by atoms with van der Waals surface area (Å²) < 4.78 is 1.65. The average molecular weight is 352 g/mol. The highest BCUT2D eigenvalue weighted by Gasteiger charge is 2.22. The van der Waals surface area contributed by atoms with Gasteiger partial charge in [-0.1, -0.05) is 60.7 Å². The number of aromatic nitrogens is 2. The number of hydrogen-bond acceptors (Lipinski definition) is 2. The van der Waals surface area contributed by atoms with Crippen molar-refractivity contribution in [3.63, 3.8) is 0 Å². The molecule has 1 unspecified atom stereocenters. The van der Waals surface area contributed by atoms with Gasteiger partial charge >= 0.3 is 0 Å². The molecule has 132 valence electrons. The summed E-state index contributed by atoms with van der Waals surface area (Å²) in [6, 6.07) is 28.1. The van der Waals surface area contributed by atoms with Crippen LogP contribution in [0, 0.1) is 0 Å². The monoisotopic (exact) mass is 352 g/mol. The fourth-order valence-corrected chi connectivity index (χ4v) is 3.43. The minimum absolute atomic E-state index is 0.0423. The molecule has 0 aliphatic carbocycles. The maximum atomic E-state index is 12.9. The Morgan fingerprint density at radius 3 is 2.26 bits per heavy atom. The van der Waals surface area contributed by atoms with Crippen LogP contribution in [0.15, 0.2) is 104 Å². The first kappa shape index (κ1) is 17.0. The van der Waals surface area contributed by atoms with E-state index in [1.807, 2.05) is 60.7 Å². The summed E-state index contributed by atoms with van der Waals surface area (Å²) in [7, 11) is 0. The zero-order valence-corrected chi connectivity index (χ0v) is 14.9. The van der Waals surface area contributed by atoms with Gasteiger partial charge in [0.1, 0.15) is 0 Å². The third-order valence-electron chi connectivity index (χ3n) is 4.75. The Labute approximate surface area is 158 Å². The van der Waals surface area contributed by atoms with Gasteiger partial charge < -0.3 is 0 Å². The quantitative estimate of drug-likeness (QED) is 0.481. The van der Waals surface area contributed by atoms with Crippen LogP contribution in [0.1, 0.15) is 28.3 Å². The maximum Gasteiger partial charge on any atom is 0.231 e. The highest BCUT2D eigenvalue weighted by molar-refractivity contribution is 5.81. The van der Waals surface area contributed by atoms with E-state index in [0.29, 0.717) is 6.42 Å². The Morgan fingerprint density at radius 1 is 0.815 bits per heavy atom. The van der Waals surface area contributed by atoms with Crippen LogP contribution in [0.2, 0.25) is 0 Å². The molecular weight excluding hydrogens is 332 g/mol. The third-order valence-corrected chi connectivity index (χ3v) is 4.75. The summed E-state index contributed by atoms with van der Waals surface area (Å²) in [5, 5.41) is 0. The molecule has 4 rings (SSSR count). The van der Waals surface area contributed by atoms with E-state index in [-0.39, 0.29) is 11.8 Å². The van der Waals surface area contributed by atoms with Crippen LogP contribution in [0.3, 0.4) is 0 Å². The zero-order valence-electron chi connectivity index (χ0n) is 14.9. The molecule has 3 heteroatoms. The van der Waals surface area contributed by atoms with E-state index in [9.17, 15) is 4.79 Å². The molecule has 3 nitrogen and oxygen atoms in total. The molecule has 0 spiro atoms. The van der Waals surface area contributed by atoms with Crippen LogP contribution >= 0.6 is 0 Å². The van der Waals surface area contributed by atoms with Crippen LogP contribution in [-0.4, -0.2) is 15.5 Å². The first-order chi connectivity index (χ1) is 13.3. The lowest BCUT2D eigenvalue weighted by Crippen LogP contribution is -2.15. The maximum absolute atomic E-state index is 12.9. The Bertz CT molecular complexity index is 1010. The van der Waals surface area contributed by atoms with E-state index in [0.717, 1.165) is 22.4 Å². The van der Waals surface area contributed by atoms with Crippen molar-refractivity contribution in [1.29, 1.82) is 0 Å². The lowest BCUT2D eigenvalue weighted by Gasteiger charge is -2.21. The van der Waals surface area contributed by atoms with Gasteiger partial charge in [-0.3, -0.25) is 14.3 Å². The molecule has 0 saturated carbocycles. The number of benzene rings is 2. The van der Waals surface area contributed by atoms with Gasteiger partial charge in [0, 0.05) is 36.5 Å². The first-order valence-electron chi connectivity index (χ1n) is 9.04. The highest BCUT2D eigenvalue weighted by Crippen LogP contribution is 2.35. The van der Waals surface area contributed by atoms with Crippen LogP contribution in [0.5, 0.6) is 0 Å². The van der Waals surface area contributed by atoms with Gasteiger partial charge in [-0.05, 0) is 35.4 Å². The Kier molecular flexibility index (Phi) is 4.93. The summed E-state index contributed by atoms with van der Waals surface area (Å²) in [5.41, 5.74) is 4.22. The Morgan fingerprint density at radius 2 is 1.52 bits per heavy atom. The second-order valence-electron chi connectivity index (χ2n) is 6.45. The fourth-order valence-electron chi connectivity index (χ4n) is 3.43. The fraction of sp³-hybridized carbons (Fsp3) is 0.0833. The lowest BCUT2D eigenvalue weighted by atomic mass is 9.84. The Hall–Kier alpha value is -3.46. The molecule has 27 heavy (non-hydrogen) atoms. The van der Waals surface area contributed by atoms with Gasteiger partial charge in [0.05, 0.1) is 5.69 Å². The topological polar surface area (TPSA) is 34.9 Å². The molecule has 0 radical (unpaired) electrons. The number of carbonyl (C=O) groups excluding carboxylic acids is 1. The SMILES string of the molecule is O=C(CC(c1ccccc1)c1ccccc1-c1ccccn1)n1cccc1. The summed E-state index contributed by atoms with van der Waals surface area (Å²) in [6.45, 7) is 0. The lowest BCUT2D eigenvalue weighted by molar-refractivity contribution is 0.0898. The number of rotatable bonds is 5. The number of hydrogen-bond donors (Lipinski definition) is 0. The van der Waals surface area contributed by atoms with Crippen LogP contribution in [0.25, 0.3) is 11.3 Å². The van der Waals surface area contributed by atoms with E-state index in [1.165, 1.54) is 0 Å². The number of carbonyl (C=O) groups is 1. The molecule has 0 aliphatic heterocycles. The highest BCUT2D eigenvalue weighted by atomic mass is 16.1. The molecule has 4 aromatic rings. The molecule has 0 bridgehead atoms. The third kappa shape index (κ3) is 3.72. The van der Waals surface area contributed by atoms with Crippen molar-refractivity contribution in [3.8, 4) is 11.3 Å². The average Bonchev–Trinajstić information content (AvgIpc) is 3.28. The van der Waals surface area contributed by atoms with Crippen LogP contribution in [0.4, 0.5) is 0 Å². The smallest absolute Gasteiger partial charge is 0.231 e. The standard InChI is InChI=1S/C24H20N2O/c27-24(26-16-8-9-17-26)18-22(19-10-2-1-3-11-19)20-12-4-5-13-21(20)23-14-6-7-15-25-23/h1-17,22H,18H2. The zero-order chi connectivity index (χ0) is 18.5. The second-order valence-corrected chi connectivity index (χ2v) is 6.45. The summed E-state index contributed by atoms with van der Waals surface area (Å²) in [6.07, 6.45) is 5.79. The summed E-state index contributed by atoms with van der Waals surface area (Å²) in [4.78, 5) is 17.4. The van der Waals surface area contributed by atoms with Gasteiger partial charge in [-0.2, -0.15) is 0 Å². The first-order valence-corrected chi connectivity index (χ1v) is 9.04. The van der Waals surface area contributed by atoms with Crippen molar-refractivity contribution in [3.05, 3.63) is 115 Å². The predicted octanol–water partition coefficient (Wildman–Crippen LogP) is 5.41. The number of nitrogens with zero attached hydrogens (tertiary/aromatic N) is 2. The molecule has 0 fully saturated rings. The number of pyridine rings is 1. The summed E-state index contributed by atoms with van der Waals surface area (Å²) in [5.74, 6) is 0.0315. The minimum atomic E-state index is -0.0423. The van der Waals surface area contributed by atoms with Gasteiger partial charge in [0.2, 0.25) is 5.91 Å². The van der Waals surface area contributed by atoms with E-state index in [1.54, 1.807) is 23.2 Å². The van der Waals surface area contributed by atoms with Crippen molar-refractivity contribution in [2.24, 2.45) is 0 Å².